The van der Waals surface area contributed by atoms with Crippen LogP contribution < -0.4 is 19.7 Å². The van der Waals surface area contributed by atoms with Crippen molar-refractivity contribution >= 4 is 19.5 Å². The summed E-state index contributed by atoms with van der Waals surface area (Å²) in [6.07, 6.45) is -0.224. The van der Waals surface area contributed by atoms with Gasteiger partial charge in [-0.15, -0.1) is 0 Å². The summed E-state index contributed by atoms with van der Waals surface area (Å²) in [5.41, 5.74) is 5.21. The van der Waals surface area contributed by atoms with E-state index in [2.05, 4.69) is 38.3 Å². The second-order valence-corrected chi connectivity index (χ2v) is 13.8. The third-order valence-electron chi connectivity index (χ3n) is 7.57. The Labute approximate surface area is 271 Å². The minimum absolute atomic E-state index is 0.0334. The van der Waals surface area contributed by atoms with Gasteiger partial charge in [-0.3, -0.25) is 14.9 Å². The lowest BCUT2D eigenvalue weighted by Crippen LogP contribution is -2.46. The summed E-state index contributed by atoms with van der Waals surface area (Å²) in [6.45, 7) is 8.32. The molecule has 0 spiro atoms. The Morgan fingerprint density at radius 1 is 0.717 bits per heavy atom. The highest BCUT2D eigenvalue weighted by Gasteiger charge is 2.31. The molecule has 0 aliphatic carbocycles. The quantitative estimate of drug-likeness (QED) is 0.106. The molecule has 242 valence electrons. The average molecular weight is 643 g/mol. The highest BCUT2D eigenvalue weighted by molar-refractivity contribution is 7.54. The Hall–Kier alpha value is -4.39. The second kappa shape index (κ2) is 16.3. The van der Waals surface area contributed by atoms with Crippen molar-refractivity contribution in [2.75, 3.05) is 12.8 Å². The fourth-order valence-corrected chi connectivity index (χ4v) is 6.32. The van der Waals surface area contributed by atoms with Crippen molar-refractivity contribution in [3.05, 3.63) is 120 Å². The molecule has 3 N–H and O–H groups in total. The fraction of sp³-hybridized carbons (Fsp3) is 0.297. The number of carbonyl (C=O) groups excluding carboxylic acids is 1. The van der Waals surface area contributed by atoms with Crippen molar-refractivity contribution < 1.29 is 28.3 Å². The lowest BCUT2D eigenvalue weighted by atomic mass is 10.0. The van der Waals surface area contributed by atoms with E-state index in [1.807, 2.05) is 78.9 Å². The number of benzene rings is 4. The summed E-state index contributed by atoms with van der Waals surface area (Å²) in [5, 5.41) is 14.9. The molecule has 0 aliphatic rings. The molecule has 9 heteroatoms. The highest BCUT2D eigenvalue weighted by atomic mass is 31.2. The molecule has 0 fully saturated rings. The Kier molecular flexibility index (Phi) is 12.2. The Bertz CT molecular complexity index is 1550. The summed E-state index contributed by atoms with van der Waals surface area (Å²) < 4.78 is 26.4. The number of rotatable bonds is 16. The van der Waals surface area contributed by atoms with Gasteiger partial charge < -0.3 is 19.5 Å². The lowest BCUT2D eigenvalue weighted by Gasteiger charge is -2.24. The zero-order chi connectivity index (χ0) is 33.1. The van der Waals surface area contributed by atoms with Gasteiger partial charge in [0.25, 0.3) is 0 Å². The van der Waals surface area contributed by atoms with Crippen LogP contribution >= 0.6 is 7.60 Å². The first-order valence-electron chi connectivity index (χ1n) is 15.6. The average Bonchev–Trinajstić information content (AvgIpc) is 3.04. The molecule has 4 rings (SSSR count). The number of aliphatic carboxylic acids is 1. The van der Waals surface area contributed by atoms with Gasteiger partial charge in [-0.2, -0.15) is 0 Å². The van der Waals surface area contributed by atoms with Crippen LogP contribution in [0.5, 0.6) is 11.5 Å². The molecule has 0 radical (unpaired) electrons. The van der Waals surface area contributed by atoms with Crippen molar-refractivity contribution in [1.29, 1.82) is 0 Å². The van der Waals surface area contributed by atoms with Gasteiger partial charge in [-0.05, 0) is 70.3 Å². The maximum absolute atomic E-state index is 14.4. The van der Waals surface area contributed by atoms with Crippen molar-refractivity contribution in [2.24, 2.45) is 0 Å². The summed E-state index contributed by atoms with van der Waals surface area (Å²) in [4.78, 5) is 24.4. The third-order valence-corrected chi connectivity index (χ3v) is 9.12. The predicted molar refractivity (Wildman–Crippen MR) is 183 cm³/mol. The van der Waals surface area contributed by atoms with Gasteiger partial charge in [0.2, 0.25) is 5.91 Å². The van der Waals surface area contributed by atoms with Crippen LogP contribution in [0.4, 0.5) is 0 Å². The molecule has 0 heterocycles. The van der Waals surface area contributed by atoms with Crippen LogP contribution in [0, 0.1) is 0 Å². The van der Waals surface area contributed by atoms with Gasteiger partial charge >= 0.3 is 13.6 Å². The van der Waals surface area contributed by atoms with Crippen LogP contribution in [-0.4, -0.2) is 35.9 Å². The van der Waals surface area contributed by atoms with Gasteiger partial charge in [0.15, 0.2) is 0 Å². The highest BCUT2D eigenvalue weighted by Crippen LogP contribution is 2.48. The normalized spacial score (nSPS) is 12.1. The summed E-state index contributed by atoms with van der Waals surface area (Å²) in [5.74, 6) is -0.0255. The minimum Gasteiger partial charge on any atom is -0.481 e. The molecule has 0 saturated heterocycles. The molecular weight excluding hydrogens is 599 g/mol. The third kappa shape index (κ3) is 10.3. The predicted octanol–water partition coefficient (Wildman–Crippen LogP) is 8.00. The molecule has 0 unspecified atom stereocenters. The Morgan fingerprint density at radius 3 is 1.70 bits per heavy atom. The van der Waals surface area contributed by atoms with E-state index in [-0.39, 0.29) is 25.7 Å². The molecule has 4 aromatic rings. The molecular formula is C37H43N2O6P. The van der Waals surface area contributed by atoms with Gasteiger partial charge in [0.1, 0.15) is 17.8 Å². The zero-order valence-electron chi connectivity index (χ0n) is 26.8. The first-order chi connectivity index (χ1) is 22.0. The summed E-state index contributed by atoms with van der Waals surface area (Å²) in [7, 11) is -3.91. The molecule has 0 saturated carbocycles. The van der Waals surface area contributed by atoms with Gasteiger partial charge in [-0.25, -0.2) is 4.57 Å². The largest absolute Gasteiger partial charge is 0.481 e. The molecule has 1 amide bonds. The molecule has 4 aromatic carbocycles. The van der Waals surface area contributed by atoms with E-state index >= 15 is 0 Å². The van der Waals surface area contributed by atoms with E-state index < -0.39 is 25.5 Å². The van der Waals surface area contributed by atoms with Gasteiger partial charge in [0, 0.05) is 6.54 Å². The molecule has 46 heavy (non-hydrogen) atoms. The van der Waals surface area contributed by atoms with E-state index in [1.165, 1.54) is 0 Å². The van der Waals surface area contributed by atoms with Crippen molar-refractivity contribution in [1.82, 2.24) is 10.6 Å². The molecule has 1 atom stereocenters. The van der Waals surface area contributed by atoms with Gasteiger partial charge in [-0.1, -0.05) is 107 Å². The van der Waals surface area contributed by atoms with E-state index in [0.717, 1.165) is 27.8 Å². The first kappa shape index (κ1) is 34.5. The SMILES string of the molecule is CC(C)c1ccc(OP(=O)(CN[C@@H](Cc2ccc(-c3ccccc3)cc2)C(=O)NCCC(=O)O)Oc2ccc(C(C)C)cc2)cc1. The second-order valence-electron chi connectivity index (χ2n) is 11.9. The summed E-state index contributed by atoms with van der Waals surface area (Å²) >= 11 is 0. The van der Waals surface area contributed by atoms with Crippen LogP contribution in [0.3, 0.4) is 0 Å². The van der Waals surface area contributed by atoms with Crippen molar-refractivity contribution in [3.63, 3.8) is 0 Å². The molecule has 0 aromatic heterocycles. The van der Waals surface area contributed by atoms with Crippen LogP contribution in [-0.2, 0) is 20.6 Å². The standard InChI is InChI=1S/C37H43N2O6P/c1-26(2)29-14-18-33(19-15-29)44-46(43,45-34-20-16-30(17-21-34)27(3)4)25-39-35(37(42)38-23-22-36(40)41)24-28-10-12-32(13-11-28)31-8-6-5-7-9-31/h5-21,26-27,35,39H,22-25H2,1-4H3,(H,38,42)(H,40,41)/t35-/m0/s1. The fourth-order valence-electron chi connectivity index (χ4n) is 4.83. The van der Waals surface area contributed by atoms with Crippen LogP contribution in [0.15, 0.2) is 103 Å². The lowest BCUT2D eigenvalue weighted by molar-refractivity contribution is -0.137. The van der Waals surface area contributed by atoms with Crippen molar-refractivity contribution in [3.8, 4) is 22.6 Å². The van der Waals surface area contributed by atoms with Gasteiger partial charge in [0.05, 0.1) is 12.5 Å². The number of amides is 1. The number of carboxylic acid groups (broad SMARTS) is 1. The molecule has 8 nitrogen and oxygen atoms in total. The van der Waals surface area contributed by atoms with Crippen LogP contribution in [0.2, 0.25) is 0 Å². The topological polar surface area (TPSA) is 114 Å². The van der Waals surface area contributed by atoms with E-state index in [4.69, 9.17) is 14.2 Å². The van der Waals surface area contributed by atoms with E-state index in [0.29, 0.717) is 23.3 Å². The number of nitrogens with one attached hydrogen (secondary N) is 2. The Balaban J connectivity index is 1.56. The number of hydrogen-bond acceptors (Lipinski definition) is 6. The Morgan fingerprint density at radius 2 is 1.22 bits per heavy atom. The molecule has 0 bridgehead atoms. The number of hydrogen-bond donors (Lipinski definition) is 3. The van der Waals surface area contributed by atoms with E-state index in [1.54, 1.807) is 24.3 Å². The minimum atomic E-state index is -3.91. The van der Waals surface area contributed by atoms with Crippen LogP contribution in [0.25, 0.3) is 11.1 Å². The van der Waals surface area contributed by atoms with E-state index in [9.17, 15) is 14.2 Å². The smallest absolute Gasteiger partial charge is 0.444 e. The number of carbonyl (C=O) groups is 2. The first-order valence-corrected chi connectivity index (χ1v) is 17.3. The zero-order valence-corrected chi connectivity index (χ0v) is 27.7. The molecule has 0 aliphatic heterocycles. The maximum atomic E-state index is 14.4. The van der Waals surface area contributed by atoms with Crippen LogP contribution in [0.1, 0.15) is 62.6 Å². The summed E-state index contributed by atoms with van der Waals surface area (Å²) in [6, 6.07) is 31.7. The number of carboxylic acids is 1. The monoisotopic (exact) mass is 642 g/mol. The maximum Gasteiger partial charge on any atom is 0.444 e. The van der Waals surface area contributed by atoms with Crippen molar-refractivity contribution in [2.45, 2.75) is 58.4 Å².